The molecule has 1 aliphatic rings. The van der Waals surface area contributed by atoms with Crippen LogP contribution in [0.1, 0.15) is 31.4 Å². The zero-order valence-corrected chi connectivity index (χ0v) is 13.6. The van der Waals surface area contributed by atoms with Crippen LogP contribution in [0.25, 0.3) is 0 Å². The second-order valence-corrected chi connectivity index (χ2v) is 6.18. The average molecular weight is 303 g/mol. The van der Waals surface area contributed by atoms with Gasteiger partial charge in [0.05, 0.1) is 6.04 Å². The maximum Gasteiger partial charge on any atom is 0.315 e. The fraction of sp³-hybridized carbons (Fsp3) is 0.529. The molecular formula is C17H25N3O2. The lowest BCUT2D eigenvalue weighted by atomic mass is 10.1. The SMILES string of the molecule is Cc1cccc(CCNC(=O)NC2CC(=O)N(C(C)C)C2)c1. The Morgan fingerprint density at radius 1 is 1.41 bits per heavy atom. The van der Waals surface area contributed by atoms with Crippen LogP contribution in [0.15, 0.2) is 24.3 Å². The van der Waals surface area contributed by atoms with Crippen LogP contribution in [-0.2, 0) is 11.2 Å². The fourth-order valence-corrected chi connectivity index (χ4v) is 2.75. The van der Waals surface area contributed by atoms with Gasteiger partial charge in [0.2, 0.25) is 5.91 Å². The Labute approximate surface area is 132 Å². The summed E-state index contributed by atoms with van der Waals surface area (Å²) >= 11 is 0. The molecule has 5 heteroatoms. The van der Waals surface area contributed by atoms with E-state index >= 15 is 0 Å². The van der Waals surface area contributed by atoms with Crippen LogP contribution in [0.3, 0.4) is 0 Å². The zero-order chi connectivity index (χ0) is 16.1. The number of carbonyl (C=O) groups excluding carboxylic acids is 2. The van der Waals surface area contributed by atoms with Crippen molar-refractivity contribution in [2.75, 3.05) is 13.1 Å². The first-order valence-electron chi connectivity index (χ1n) is 7.85. The molecule has 1 heterocycles. The highest BCUT2D eigenvalue weighted by Gasteiger charge is 2.31. The highest BCUT2D eigenvalue weighted by Crippen LogP contribution is 2.14. The molecule has 1 saturated heterocycles. The summed E-state index contributed by atoms with van der Waals surface area (Å²) in [5.74, 6) is 0.111. The number of benzene rings is 1. The maximum atomic E-state index is 11.9. The molecule has 0 aromatic heterocycles. The quantitative estimate of drug-likeness (QED) is 0.872. The molecule has 0 aliphatic carbocycles. The van der Waals surface area contributed by atoms with Gasteiger partial charge in [-0.2, -0.15) is 0 Å². The number of amides is 3. The molecule has 1 aliphatic heterocycles. The number of nitrogens with zero attached hydrogens (tertiary/aromatic N) is 1. The number of aryl methyl sites for hydroxylation is 1. The van der Waals surface area contributed by atoms with E-state index in [1.54, 1.807) is 4.90 Å². The highest BCUT2D eigenvalue weighted by molar-refractivity contribution is 5.81. The van der Waals surface area contributed by atoms with E-state index < -0.39 is 0 Å². The van der Waals surface area contributed by atoms with Gasteiger partial charge >= 0.3 is 6.03 Å². The highest BCUT2D eigenvalue weighted by atomic mass is 16.2. The molecule has 1 aromatic carbocycles. The van der Waals surface area contributed by atoms with Crippen LogP contribution in [0.4, 0.5) is 4.79 Å². The van der Waals surface area contributed by atoms with E-state index in [1.807, 2.05) is 19.9 Å². The van der Waals surface area contributed by atoms with Gasteiger partial charge < -0.3 is 15.5 Å². The fourth-order valence-electron chi connectivity index (χ4n) is 2.75. The predicted octanol–water partition coefficient (Wildman–Crippen LogP) is 1.85. The Balaban J connectivity index is 1.71. The molecule has 1 fully saturated rings. The van der Waals surface area contributed by atoms with Crippen molar-refractivity contribution in [3.8, 4) is 0 Å². The molecule has 1 unspecified atom stereocenters. The zero-order valence-electron chi connectivity index (χ0n) is 13.6. The summed E-state index contributed by atoms with van der Waals surface area (Å²) in [4.78, 5) is 25.5. The van der Waals surface area contributed by atoms with Crippen molar-refractivity contribution in [2.24, 2.45) is 0 Å². The molecule has 1 aromatic rings. The first kappa shape index (κ1) is 16.3. The average Bonchev–Trinajstić information content (AvgIpc) is 2.79. The van der Waals surface area contributed by atoms with Gasteiger partial charge in [0, 0.05) is 25.6 Å². The minimum atomic E-state index is -0.198. The molecule has 0 saturated carbocycles. The standard InChI is InChI=1S/C17H25N3O2/c1-12(2)20-11-15(10-16(20)21)19-17(22)18-8-7-14-6-4-5-13(3)9-14/h4-6,9,12,15H,7-8,10-11H2,1-3H3,(H2,18,19,22). The molecule has 22 heavy (non-hydrogen) atoms. The smallest absolute Gasteiger partial charge is 0.315 e. The van der Waals surface area contributed by atoms with E-state index in [0.29, 0.717) is 19.5 Å². The van der Waals surface area contributed by atoms with Crippen molar-refractivity contribution in [3.63, 3.8) is 0 Å². The Morgan fingerprint density at radius 3 is 2.82 bits per heavy atom. The van der Waals surface area contributed by atoms with E-state index in [0.717, 1.165) is 6.42 Å². The van der Waals surface area contributed by atoms with Gasteiger partial charge in [-0.05, 0) is 32.8 Å². The van der Waals surface area contributed by atoms with Crippen molar-refractivity contribution < 1.29 is 9.59 Å². The van der Waals surface area contributed by atoms with Crippen molar-refractivity contribution in [3.05, 3.63) is 35.4 Å². The van der Waals surface area contributed by atoms with E-state index in [4.69, 9.17) is 0 Å². The lowest BCUT2D eigenvalue weighted by Crippen LogP contribution is -2.44. The first-order valence-corrected chi connectivity index (χ1v) is 7.85. The number of urea groups is 1. The molecule has 2 N–H and O–H groups in total. The summed E-state index contributed by atoms with van der Waals surface area (Å²) < 4.78 is 0. The molecule has 1 atom stereocenters. The van der Waals surface area contributed by atoms with Gasteiger partial charge in [0.15, 0.2) is 0 Å². The van der Waals surface area contributed by atoms with E-state index in [2.05, 4.69) is 35.8 Å². The van der Waals surface area contributed by atoms with Crippen molar-refractivity contribution in [2.45, 2.75) is 45.7 Å². The predicted molar refractivity (Wildman–Crippen MR) is 86.7 cm³/mol. The first-order chi connectivity index (χ1) is 10.5. The third kappa shape index (κ3) is 4.48. The van der Waals surface area contributed by atoms with Crippen LogP contribution in [0, 0.1) is 6.92 Å². The van der Waals surface area contributed by atoms with Gasteiger partial charge in [-0.25, -0.2) is 4.79 Å². The second kappa shape index (κ2) is 7.29. The van der Waals surface area contributed by atoms with Crippen molar-refractivity contribution in [1.29, 1.82) is 0 Å². The maximum absolute atomic E-state index is 11.9. The van der Waals surface area contributed by atoms with Crippen LogP contribution < -0.4 is 10.6 Å². The summed E-state index contributed by atoms with van der Waals surface area (Å²) in [6.07, 6.45) is 1.19. The number of carbonyl (C=O) groups is 2. The van der Waals surface area contributed by atoms with E-state index in [1.165, 1.54) is 11.1 Å². The van der Waals surface area contributed by atoms with Crippen molar-refractivity contribution in [1.82, 2.24) is 15.5 Å². The van der Waals surface area contributed by atoms with Crippen molar-refractivity contribution >= 4 is 11.9 Å². The Bertz CT molecular complexity index is 542. The molecule has 120 valence electrons. The third-order valence-electron chi connectivity index (χ3n) is 3.90. The Morgan fingerprint density at radius 2 is 2.18 bits per heavy atom. The topological polar surface area (TPSA) is 61.4 Å². The lowest BCUT2D eigenvalue weighted by Gasteiger charge is -2.21. The molecule has 0 spiro atoms. The van der Waals surface area contributed by atoms with Crippen LogP contribution in [-0.4, -0.2) is 42.0 Å². The third-order valence-corrected chi connectivity index (χ3v) is 3.90. The molecule has 0 bridgehead atoms. The monoisotopic (exact) mass is 303 g/mol. The van der Waals surface area contributed by atoms with Gasteiger partial charge in [0.1, 0.15) is 0 Å². The molecule has 5 nitrogen and oxygen atoms in total. The Kier molecular flexibility index (Phi) is 5.41. The Hall–Kier alpha value is -2.04. The number of likely N-dealkylation sites (tertiary alicyclic amines) is 1. The minimum absolute atomic E-state index is 0.0890. The minimum Gasteiger partial charge on any atom is -0.338 e. The summed E-state index contributed by atoms with van der Waals surface area (Å²) in [7, 11) is 0. The largest absolute Gasteiger partial charge is 0.338 e. The summed E-state index contributed by atoms with van der Waals surface area (Å²) in [5, 5.41) is 5.74. The number of hydrogen-bond acceptors (Lipinski definition) is 2. The summed E-state index contributed by atoms with van der Waals surface area (Å²) in [5.41, 5.74) is 2.43. The number of nitrogens with one attached hydrogen (secondary N) is 2. The van der Waals surface area contributed by atoms with Gasteiger partial charge in [-0.15, -0.1) is 0 Å². The lowest BCUT2D eigenvalue weighted by molar-refractivity contribution is -0.129. The van der Waals surface area contributed by atoms with E-state index in [9.17, 15) is 9.59 Å². The summed E-state index contributed by atoms with van der Waals surface area (Å²) in [6.45, 7) is 7.22. The van der Waals surface area contributed by atoms with Gasteiger partial charge in [-0.3, -0.25) is 4.79 Å². The van der Waals surface area contributed by atoms with Gasteiger partial charge in [-0.1, -0.05) is 29.8 Å². The van der Waals surface area contributed by atoms with Crippen LogP contribution in [0.2, 0.25) is 0 Å². The normalized spacial score (nSPS) is 17.9. The van der Waals surface area contributed by atoms with Crippen LogP contribution in [0.5, 0.6) is 0 Å². The second-order valence-electron chi connectivity index (χ2n) is 6.18. The molecular weight excluding hydrogens is 278 g/mol. The van der Waals surface area contributed by atoms with E-state index in [-0.39, 0.29) is 24.0 Å². The van der Waals surface area contributed by atoms with Crippen LogP contribution >= 0.6 is 0 Å². The summed E-state index contributed by atoms with van der Waals surface area (Å²) in [6, 6.07) is 8.16. The van der Waals surface area contributed by atoms with Gasteiger partial charge in [0.25, 0.3) is 0 Å². The number of hydrogen-bond donors (Lipinski definition) is 2. The molecule has 3 amide bonds. The number of rotatable bonds is 5. The molecule has 2 rings (SSSR count). The molecule has 0 radical (unpaired) electrons.